The fraction of sp³-hybridized carbons (Fsp3) is 0.269. The van der Waals surface area contributed by atoms with Gasteiger partial charge in [0.05, 0.1) is 13.7 Å². The summed E-state index contributed by atoms with van der Waals surface area (Å²) in [5, 5.41) is 17.6. The highest BCUT2D eigenvalue weighted by molar-refractivity contribution is 5.88. The second-order valence-corrected chi connectivity index (χ2v) is 6.92. The zero-order chi connectivity index (χ0) is 23.2. The van der Waals surface area contributed by atoms with Gasteiger partial charge in [-0.3, -0.25) is 0 Å². The summed E-state index contributed by atoms with van der Waals surface area (Å²) >= 11 is 0. The van der Waals surface area contributed by atoms with E-state index in [1.54, 1.807) is 55.7 Å². The fourth-order valence-electron chi connectivity index (χ4n) is 2.82. The van der Waals surface area contributed by atoms with Gasteiger partial charge in [0.2, 0.25) is 0 Å². The summed E-state index contributed by atoms with van der Waals surface area (Å²) in [7, 11) is 1.58. The molecule has 6 heteroatoms. The van der Waals surface area contributed by atoms with Gasteiger partial charge in [-0.25, -0.2) is 4.79 Å². The number of benzene rings is 2. The molecule has 0 aromatic heterocycles. The Bertz CT molecular complexity index is 1020. The van der Waals surface area contributed by atoms with Crippen LogP contribution >= 0.6 is 0 Å². The van der Waals surface area contributed by atoms with E-state index in [0.29, 0.717) is 29.4 Å². The van der Waals surface area contributed by atoms with Gasteiger partial charge in [-0.05, 0) is 54.0 Å². The number of esters is 1. The zero-order valence-electron chi connectivity index (χ0n) is 18.3. The van der Waals surface area contributed by atoms with Crippen LogP contribution in [-0.4, -0.2) is 19.7 Å². The highest BCUT2D eigenvalue weighted by atomic mass is 16.5. The lowest BCUT2D eigenvalue weighted by Gasteiger charge is -2.11. The van der Waals surface area contributed by atoms with E-state index in [4.69, 9.17) is 24.7 Å². The van der Waals surface area contributed by atoms with E-state index in [1.165, 1.54) is 25.0 Å². The van der Waals surface area contributed by atoms with E-state index in [-0.39, 0.29) is 5.57 Å². The molecule has 2 aromatic carbocycles. The third-order valence-electron chi connectivity index (χ3n) is 4.51. The average Bonchev–Trinajstić information content (AvgIpc) is 2.82. The quantitative estimate of drug-likeness (QED) is 0.149. The number of carbonyl (C=O) groups is 1. The average molecular weight is 431 g/mol. The van der Waals surface area contributed by atoms with E-state index >= 15 is 0 Å². The molecule has 0 bridgehead atoms. The maximum absolute atomic E-state index is 12.1. The third kappa shape index (κ3) is 8.01. The van der Waals surface area contributed by atoms with Crippen molar-refractivity contribution in [3.05, 3.63) is 65.2 Å². The van der Waals surface area contributed by atoms with E-state index in [0.717, 1.165) is 18.4 Å². The van der Waals surface area contributed by atoms with E-state index < -0.39 is 5.97 Å². The minimum Gasteiger partial charge on any atom is -0.493 e. The van der Waals surface area contributed by atoms with Gasteiger partial charge in [-0.1, -0.05) is 44.4 Å². The summed E-state index contributed by atoms with van der Waals surface area (Å²) in [6.45, 7) is 2.81. The predicted molar refractivity (Wildman–Crippen MR) is 123 cm³/mol. The number of nitriles is 2. The molecule has 32 heavy (non-hydrogen) atoms. The molecular formula is C26H26N2O4. The number of unbranched alkanes of at least 4 members (excludes halogenated alkanes) is 3. The largest absolute Gasteiger partial charge is 0.493 e. The first kappa shape index (κ1) is 24.2. The minimum absolute atomic E-state index is 0.000942. The van der Waals surface area contributed by atoms with Crippen molar-refractivity contribution in [1.82, 2.24) is 0 Å². The van der Waals surface area contributed by atoms with E-state index in [1.807, 2.05) is 12.1 Å². The van der Waals surface area contributed by atoms with Crippen molar-refractivity contribution in [3.63, 3.8) is 0 Å². The summed E-state index contributed by atoms with van der Waals surface area (Å²) in [5.41, 5.74) is 1.44. The van der Waals surface area contributed by atoms with Gasteiger partial charge in [-0.15, -0.1) is 0 Å². The number of hydrogen-bond donors (Lipinski definition) is 0. The Morgan fingerprint density at radius 3 is 2.34 bits per heavy atom. The standard InChI is InChI=1S/C26H26N2O4/c1-3-4-5-6-15-31-24-13-9-21(17-25(24)30-2)10-14-26(29)32-23-11-7-20(8-12-23)16-22(18-27)19-28/h7-14,16-17H,3-6,15H2,1-2H3/b14-10+. The molecule has 2 aromatic rings. The van der Waals surface area contributed by atoms with Gasteiger partial charge in [-0.2, -0.15) is 10.5 Å². The number of methoxy groups -OCH3 is 1. The Morgan fingerprint density at radius 1 is 0.969 bits per heavy atom. The first-order valence-electron chi connectivity index (χ1n) is 10.4. The first-order valence-corrected chi connectivity index (χ1v) is 10.4. The summed E-state index contributed by atoms with van der Waals surface area (Å²) in [4.78, 5) is 12.1. The molecule has 0 N–H and O–H groups in total. The van der Waals surface area contributed by atoms with Crippen molar-refractivity contribution in [3.8, 4) is 29.4 Å². The number of carbonyl (C=O) groups excluding carboxylic acids is 1. The van der Waals surface area contributed by atoms with Crippen LogP contribution in [0.15, 0.2) is 54.1 Å². The molecule has 2 rings (SSSR count). The molecule has 0 unspecified atom stereocenters. The fourth-order valence-corrected chi connectivity index (χ4v) is 2.82. The van der Waals surface area contributed by atoms with Crippen LogP contribution in [-0.2, 0) is 4.79 Å². The Kier molecular flexibility index (Phi) is 10.1. The van der Waals surface area contributed by atoms with Crippen molar-refractivity contribution in [1.29, 1.82) is 10.5 Å². The normalized spacial score (nSPS) is 10.1. The molecule has 0 aliphatic carbocycles. The topological polar surface area (TPSA) is 92.3 Å². The first-order chi connectivity index (χ1) is 15.6. The van der Waals surface area contributed by atoms with Crippen LogP contribution in [0.3, 0.4) is 0 Å². The number of ether oxygens (including phenoxy) is 3. The molecule has 0 fully saturated rings. The molecule has 6 nitrogen and oxygen atoms in total. The summed E-state index contributed by atoms with van der Waals surface area (Å²) in [5.74, 6) is 1.11. The molecular weight excluding hydrogens is 404 g/mol. The monoisotopic (exact) mass is 430 g/mol. The second kappa shape index (κ2) is 13.3. The lowest BCUT2D eigenvalue weighted by molar-refractivity contribution is -0.128. The maximum atomic E-state index is 12.1. The lowest BCUT2D eigenvalue weighted by Crippen LogP contribution is -2.03. The summed E-state index contributed by atoms with van der Waals surface area (Å²) in [6.07, 6.45) is 8.95. The molecule has 164 valence electrons. The number of nitrogens with zero attached hydrogens (tertiary/aromatic N) is 2. The van der Waals surface area contributed by atoms with Gasteiger partial charge < -0.3 is 14.2 Å². The molecule has 0 heterocycles. The van der Waals surface area contributed by atoms with Crippen molar-refractivity contribution in [2.24, 2.45) is 0 Å². The smallest absolute Gasteiger partial charge is 0.336 e. The second-order valence-electron chi connectivity index (χ2n) is 6.92. The van der Waals surface area contributed by atoms with Gasteiger partial charge >= 0.3 is 5.97 Å². The van der Waals surface area contributed by atoms with Crippen molar-refractivity contribution < 1.29 is 19.0 Å². The molecule has 0 aliphatic rings. The number of rotatable bonds is 11. The molecule has 0 amide bonds. The molecule has 0 spiro atoms. The van der Waals surface area contributed by atoms with Gasteiger partial charge in [0.25, 0.3) is 0 Å². The van der Waals surface area contributed by atoms with Gasteiger partial charge in [0.15, 0.2) is 11.5 Å². The van der Waals surface area contributed by atoms with Crippen LogP contribution in [0.1, 0.15) is 43.7 Å². The summed E-state index contributed by atoms with van der Waals surface area (Å²) in [6, 6.07) is 15.6. The van der Waals surface area contributed by atoms with Crippen molar-refractivity contribution >= 4 is 18.1 Å². The molecule has 0 radical (unpaired) electrons. The minimum atomic E-state index is -0.529. The van der Waals surface area contributed by atoms with Crippen LogP contribution in [0, 0.1) is 22.7 Å². The van der Waals surface area contributed by atoms with Crippen LogP contribution < -0.4 is 14.2 Å². The highest BCUT2D eigenvalue weighted by Crippen LogP contribution is 2.29. The summed E-state index contributed by atoms with van der Waals surface area (Å²) < 4.78 is 16.5. The van der Waals surface area contributed by atoms with Gasteiger partial charge in [0, 0.05) is 6.08 Å². The van der Waals surface area contributed by atoms with Gasteiger partial charge in [0.1, 0.15) is 23.5 Å². The van der Waals surface area contributed by atoms with Crippen LogP contribution in [0.4, 0.5) is 0 Å². The predicted octanol–water partition coefficient (Wildman–Crippen LogP) is 5.70. The maximum Gasteiger partial charge on any atom is 0.336 e. The Labute approximate surface area is 189 Å². The molecule has 0 atom stereocenters. The van der Waals surface area contributed by atoms with Crippen LogP contribution in [0.5, 0.6) is 17.2 Å². The highest BCUT2D eigenvalue weighted by Gasteiger charge is 2.06. The van der Waals surface area contributed by atoms with Crippen molar-refractivity contribution in [2.45, 2.75) is 32.6 Å². The Balaban J connectivity index is 1.94. The number of hydrogen-bond acceptors (Lipinski definition) is 6. The lowest BCUT2D eigenvalue weighted by atomic mass is 10.1. The van der Waals surface area contributed by atoms with E-state index in [9.17, 15) is 4.79 Å². The zero-order valence-corrected chi connectivity index (χ0v) is 18.3. The Hall–Kier alpha value is -4.03. The number of allylic oxidation sites excluding steroid dienone is 1. The third-order valence-corrected chi connectivity index (χ3v) is 4.51. The van der Waals surface area contributed by atoms with Crippen LogP contribution in [0.25, 0.3) is 12.2 Å². The molecule has 0 saturated heterocycles. The van der Waals surface area contributed by atoms with E-state index in [2.05, 4.69) is 6.92 Å². The SMILES string of the molecule is CCCCCCOc1ccc(/C=C/C(=O)Oc2ccc(C=C(C#N)C#N)cc2)cc1OC. The molecule has 0 saturated carbocycles. The van der Waals surface area contributed by atoms with Crippen LogP contribution in [0.2, 0.25) is 0 Å². The molecule has 0 aliphatic heterocycles. The Morgan fingerprint density at radius 2 is 1.69 bits per heavy atom. The van der Waals surface area contributed by atoms with Crippen molar-refractivity contribution in [2.75, 3.05) is 13.7 Å².